The summed E-state index contributed by atoms with van der Waals surface area (Å²) in [4.78, 5) is 25.3. The second-order valence-electron chi connectivity index (χ2n) is 2.73. The first kappa shape index (κ1) is 11.7. The lowest BCUT2D eigenvalue weighted by atomic mass is 10.5. The molecule has 0 aliphatic rings. The van der Waals surface area contributed by atoms with Crippen molar-refractivity contribution in [3.63, 3.8) is 0 Å². The zero-order chi connectivity index (χ0) is 12.3. The number of hydrogen-bond donors (Lipinski definition) is 0. The molecule has 0 radical (unpaired) electrons. The van der Waals surface area contributed by atoms with Crippen LogP contribution in [0.3, 0.4) is 0 Å². The van der Waals surface area contributed by atoms with E-state index >= 15 is 0 Å². The maximum atomic E-state index is 10.8. The summed E-state index contributed by atoms with van der Waals surface area (Å²) in [6.45, 7) is 0. The van der Waals surface area contributed by atoms with E-state index in [1.165, 1.54) is 18.9 Å². The monoisotopic (exact) mass is 269 g/mol. The molecule has 0 unspecified atom stereocenters. The third-order valence-electron chi connectivity index (χ3n) is 1.68. The summed E-state index contributed by atoms with van der Waals surface area (Å²) in [7, 11) is 0. The van der Waals surface area contributed by atoms with Gasteiger partial charge in [-0.05, 0) is 17.8 Å². The van der Waals surface area contributed by atoms with Gasteiger partial charge in [0.05, 0.1) is 4.92 Å². The maximum Gasteiger partial charge on any atom is 0.338 e. The molecule has 0 amide bonds. The minimum Gasteiger partial charge on any atom is -0.258 e. The Bertz CT molecular complexity index is 553. The molecule has 0 N–H and O–H groups in total. The molecule has 9 heteroatoms. The second-order valence-corrected chi connectivity index (χ2v) is 4.09. The van der Waals surface area contributed by atoms with Crippen LogP contribution in [-0.2, 0) is 0 Å². The highest BCUT2D eigenvalue weighted by molar-refractivity contribution is 7.99. The Morgan fingerprint density at radius 1 is 1.29 bits per heavy atom. The Kier molecular flexibility index (Phi) is 3.45. The Labute approximate surface area is 104 Å². The van der Waals surface area contributed by atoms with Gasteiger partial charge >= 0.3 is 5.69 Å². The number of aromatic nitrogens is 4. The van der Waals surface area contributed by atoms with Crippen LogP contribution in [-0.4, -0.2) is 24.9 Å². The zero-order valence-corrected chi connectivity index (χ0v) is 9.72. The normalized spacial score (nSPS) is 10.2. The van der Waals surface area contributed by atoms with Crippen LogP contribution in [0, 0.1) is 10.1 Å². The number of halogens is 1. The van der Waals surface area contributed by atoms with Gasteiger partial charge in [0.2, 0.25) is 5.15 Å². The topological polar surface area (TPSA) is 94.7 Å². The van der Waals surface area contributed by atoms with Gasteiger partial charge in [0.1, 0.15) is 17.7 Å². The van der Waals surface area contributed by atoms with Gasteiger partial charge < -0.3 is 0 Å². The smallest absolute Gasteiger partial charge is 0.258 e. The molecule has 0 aromatic carbocycles. The fourth-order valence-electron chi connectivity index (χ4n) is 1.01. The van der Waals surface area contributed by atoms with Crippen LogP contribution in [0.15, 0.2) is 35.0 Å². The van der Waals surface area contributed by atoms with Crippen LogP contribution >= 0.6 is 23.4 Å². The Balaban J connectivity index is 2.40. The summed E-state index contributed by atoms with van der Waals surface area (Å²) >= 11 is 6.68. The average molecular weight is 270 g/mol. The molecule has 0 bridgehead atoms. The summed E-state index contributed by atoms with van der Waals surface area (Å²) in [6, 6.07) is 1.62. The molecule has 0 saturated heterocycles. The first-order valence-electron chi connectivity index (χ1n) is 4.27. The van der Waals surface area contributed by atoms with Crippen molar-refractivity contribution in [2.75, 3.05) is 0 Å². The molecule has 0 aliphatic heterocycles. The Hall–Kier alpha value is -1.80. The summed E-state index contributed by atoms with van der Waals surface area (Å²) in [5, 5.41) is 11.3. The first-order valence-corrected chi connectivity index (χ1v) is 5.46. The van der Waals surface area contributed by atoms with Crippen molar-refractivity contribution in [2.24, 2.45) is 0 Å². The molecule has 86 valence electrons. The molecule has 2 aromatic heterocycles. The van der Waals surface area contributed by atoms with Crippen molar-refractivity contribution >= 4 is 29.1 Å². The third kappa shape index (κ3) is 2.66. The predicted molar refractivity (Wildman–Crippen MR) is 59.9 cm³/mol. The van der Waals surface area contributed by atoms with Gasteiger partial charge in [-0.25, -0.2) is 19.9 Å². The minimum absolute atomic E-state index is 0.147. The van der Waals surface area contributed by atoms with Crippen molar-refractivity contribution in [3.8, 4) is 0 Å². The highest BCUT2D eigenvalue weighted by Gasteiger charge is 2.22. The average Bonchev–Trinajstić information content (AvgIpc) is 2.30. The maximum absolute atomic E-state index is 10.8. The molecular formula is C8H4ClN5O2S. The summed E-state index contributed by atoms with van der Waals surface area (Å²) in [5.74, 6) is 0. The lowest BCUT2D eigenvalue weighted by Gasteiger charge is -2.01. The molecule has 2 heterocycles. The minimum atomic E-state index is -0.619. The number of hydrogen-bond acceptors (Lipinski definition) is 7. The Morgan fingerprint density at radius 2 is 2.12 bits per heavy atom. The Morgan fingerprint density at radius 3 is 2.76 bits per heavy atom. The lowest BCUT2D eigenvalue weighted by molar-refractivity contribution is -0.388. The molecule has 7 nitrogen and oxygen atoms in total. The van der Waals surface area contributed by atoms with Gasteiger partial charge in [0, 0.05) is 6.20 Å². The SMILES string of the molecule is O=[N+]([O-])c1c(Cl)ncnc1Sc1ccncn1. The van der Waals surface area contributed by atoms with E-state index in [0.717, 1.165) is 11.8 Å². The van der Waals surface area contributed by atoms with Crippen molar-refractivity contribution in [1.82, 2.24) is 19.9 Å². The molecule has 0 fully saturated rings. The molecular weight excluding hydrogens is 266 g/mol. The molecule has 0 spiro atoms. The van der Waals surface area contributed by atoms with Crippen LogP contribution in [0.5, 0.6) is 0 Å². The van der Waals surface area contributed by atoms with Crippen LogP contribution in [0.1, 0.15) is 0 Å². The summed E-state index contributed by atoms with van der Waals surface area (Å²) in [5.41, 5.74) is -0.322. The van der Waals surface area contributed by atoms with E-state index in [4.69, 9.17) is 11.6 Å². The largest absolute Gasteiger partial charge is 0.338 e. The van der Waals surface area contributed by atoms with Gasteiger partial charge in [-0.15, -0.1) is 0 Å². The third-order valence-corrected chi connectivity index (χ3v) is 2.90. The van der Waals surface area contributed by atoms with E-state index in [9.17, 15) is 10.1 Å². The van der Waals surface area contributed by atoms with Crippen molar-refractivity contribution in [2.45, 2.75) is 10.1 Å². The highest BCUT2D eigenvalue weighted by atomic mass is 35.5. The molecule has 0 atom stereocenters. The van der Waals surface area contributed by atoms with Crippen molar-refractivity contribution < 1.29 is 4.92 Å². The molecule has 17 heavy (non-hydrogen) atoms. The number of nitrogens with zero attached hydrogens (tertiary/aromatic N) is 5. The summed E-state index contributed by atoms with van der Waals surface area (Å²) < 4.78 is 0. The quantitative estimate of drug-likeness (QED) is 0.477. The standard InChI is InChI=1S/C8H4ClN5O2S/c9-7-6(14(15)16)8(13-4-12-7)17-5-1-2-10-3-11-5/h1-4H. The molecule has 2 rings (SSSR count). The molecule has 0 aliphatic carbocycles. The van der Waals surface area contributed by atoms with Crippen LogP contribution < -0.4 is 0 Å². The molecule has 2 aromatic rings. The molecule has 0 saturated carbocycles. The van der Waals surface area contributed by atoms with E-state index < -0.39 is 4.92 Å². The van der Waals surface area contributed by atoms with Crippen LogP contribution in [0.2, 0.25) is 5.15 Å². The fourth-order valence-corrected chi connectivity index (χ4v) is 2.06. The van der Waals surface area contributed by atoms with Crippen LogP contribution in [0.25, 0.3) is 0 Å². The van der Waals surface area contributed by atoms with E-state index in [1.54, 1.807) is 6.07 Å². The van der Waals surface area contributed by atoms with E-state index in [1.807, 2.05) is 0 Å². The van der Waals surface area contributed by atoms with Crippen LogP contribution in [0.4, 0.5) is 5.69 Å². The van der Waals surface area contributed by atoms with E-state index in [2.05, 4.69) is 19.9 Å². The van der Waals surface area contributed by atoms with Crippen molar-refractivity contribution in [3.05, 3.63) is 40.2 Å². The lowest BCUT2D eigenvalue weighted by Crippen LogP contribution is -1.96. The number of rotatable bonds is 3. The number of nitro groups is 1. The van der Waals surface area contributed by atoms with Gasteiger partial charge in [-0.3, -0.25) is 10.1 Å². The predicted octanol–water partition coefficient (Wildman–Crippen LogP) is 1.98. The van der Waals surface area contributed by atoms with Gasteiger partial charge in [0.25, 0.3) is 0 Å². The second kappa shape index (κ2) is 5.02. The fraction of sp³-hybridized carbons (Fsp3) is 0. The van der Waals surface area contributed by atoms with E-state index in [-0.39, 0.29) is 15.9 Å². The van der Waals surface area contributed by atoms with Gasteiger partial charge in [-0.1, -0.05) is 11.6 Å². The van der Waals surface area contributed by atoms with Gasteiger partial charge in [0.15, 0.2) is 5.03 Å². The summed E-state index contributed by atoms with van der Waals surface area (Å²) in [6.07, 6.45) is 4.04. The zero-order valence-electron chi connectivity index (χ0n) is 8.15. The van der Waals surface area contributed by atoms with Crippen molar-refractivity contribution in [1.29, 1.82) is 0 Å². The van der Waals surface area contributed by atoms with Gasteiger partial charge in [-0.2, -0.15) is 0 Å². The highest BCUT2D eigenvalue weighted by Crippen LogP contribution is 2.34. The van der Waals surface area contributed by atoms with E-state index in [0.29, 0.717) is 5.03 Å². The first-order chi connectivity index (χ1) is 8.18.